The van der Waals surface area contributed by atoms with Crippen molar-refractivity contribution in [2.75, 3.05) is 20.2 Å². The van der Waals surface area contributed by atoms with Gasteiger partial charge in [-0.15, -0.1) is 0 Å². The number of rotatable bonds is 3. The van der Waals surface area contributed by atoms with Crippen molar-refractivity contribution < 1.29 is 4.74 Å². The predicted molar refractivity (Wildman–Crippen MR) is 66.6 cm³/mol. The Bertz CT molecular complexity index is 194. The van der Waals surface area contributed by atoms with Crippen LogP contribution in [0.5, 0.6) is 0 Å². The normalized spacial score (nSPS) is 37.4. The van der Waals surface area contributed by atoms with E-state index in [1.165, 1.54) is 38.5 Å². The van der Waals surface area contributed by atoms with E-state index in [0.29, 0.717) is 10.9 Å². The molecule has 1 heterocycles. The molecule has 2 fully saturated rings. The van der Waals surface area contributed by atoms with Crippen LogP contribution in [-0.2, 0) is 4.74 Å². The fourth-order valence-corrected chi connectivity index (χ4v) is 3.80. The topological polar surface area (TPSA) is 12.5 Å². The smallest absolute Gasteiger partial charge is 0.0702 e. The van der Waals surface area contributed by atoms with E-state index in [-0.39, 0.29) is 0 Å². The summed E-state index contributed by atoms with van der Waals surface area (Å²) in [5, 5.41) is 0. The zero-order valence-electron chi connectivity index (χ0n) is 9.62. The molecule has 0 aromatic carbocycles. The molecule has 1 saturated carbocycles. The van der Waals surface area contributed by atoms with Crippen LogP contribution in [0, 0.1) is 0 Å². The average Bonchev–Trinajstić information content (AvgIpc) is 2.71. The monoisotopic (exact) mass is 275 g/mol. The van der Waals surface area contributed by atoms with E-state index in [0.717, 1.165) is 19.2 Å². The molecule has 88 valence electrons. The van der Waals surface area contributed by atoms with Gasteiger partial charge in [0.1, 0.15) is 0 Å². The summed E-state index contributed by atoms with van der Waals surface area (Å²) in [5.41, 5.74) is 0. The largest absolute Gasteiger partial charge is 0.377 e. The third-order valence-corrected chi connectivity index (χ3v) is 4.80. The highest BCUT2D eigenvalue weighted by Crippen LogP contribution is 2.28. The third-order valence-electron chi connectivity index (χ3n) is 3.73. The van der Waals surface area contributed by atoms with Crippen molar-refractivity contribution in [2.24, 2.45) is 0 Å². The van der Waals surface area contributed by atoms with Gasteiger partial charge < -0.3 is 4.74 Å². The average molecular weight is 276 g/mol. The van der Waals surface area contributed by atoms with Crippen LogP contribution in [0.3, 0.4) is 0 Å². The molecule has 3 unspecified atom stereocenters. The molecule has 0 aromatic heterocycles. The summed E-state index contributed by atoms with van der Waals surface area (Å²) < 4.78 is 5.69. The molecule has 1 aliphatic carbocycles. The van der Waals surface area contributed by atoms with E-state index in [1.54, 1.807) is 0 Å². The molecule has 0 spiro atoms. The summed E-state index contributed by atoms with van der Waals surface area (Å²) in [5.74, 6) is 0. The van der Waals surface area contributed by atoms with Crippen molar-refractivity contribution in [3.05, 3.63) is 0 Å². The van der Waals surface area contributed by atoms with E-state index in [2.05, 4.69) is 27.9 Å². The van der Waals surface area contributed by atoms with Crippen LogP contribution in [0.15, 0.2) is 0 Å². The molecule has 2 rings (SSSR count). The Hall–Kier alpha value is 0.400. The van der Waals surface area contributed by atoms with Crippen LogP contribution in [-0.4, -0.2) is 42.1 Å². The molecule has 3 heteroatoms. The summed E-state index contributed by atoms with van der Waals surface area (Å²) in [6.45, 7) is 2.09. The molecular formula is C12H22BrNO. The van der Waals surface area contributed by atoms with E-state index < -0.39 is 0 Å². The molecule has 2 aliphatic rings. The van der Waals surface area contributed by atoms with E-state index in [1.807, 2.05) is 0 Å². The highest BCUT2D eigenvalue weighted by molar-refractivity contribution is 9.09. The van der Waals surface area contributed by atoms with Crippen LogP contribution in [0.1, 0.15) is 38.5 Å². The molecule has 0 amide bonds. The summed E-state index contributed by atoms with van der Waals surface area (Å²) >= 11 is 3.82. The second-order valence-electron chi connectivity index (χ2n) is 4.94. The second-order valence-corrected chi connectivity index (χ2v) is 6.12. The van der Waals surface area contributed by atoms with Gasteiger partial charge in [0, 0.05) is 24.0 Å². The SMILES string of the molecule is CN(CC1CCCO1)C1CCCCC1Br. The third kappa shape index (κ3) is 3.18. The molecule has 1 aliphatic heterocycles. The zero-order valence-corrected chi connectivity index (χ0v) is 11.2. The van der Waals surface area contributed by atoms with E-state index >= 15 is 0 Å². The van der Waals surface area contributed by atoms with Crippen molar-refractivity contribution in [2.45, 2.75) is 55.5 Å². The first-order valence-electron chi connectivity index (χ1n) is 6.23. The van der Waals surface area contributed by atoms with E-state index in [9.17, 15) is 0 Å². The van der Waals surface area contributed by atoms with Crippen molar-refractivity contribution in [3.8, 4) is 0 Å². The van der Waals surface area contributed by atoms with Crippen molar-refractivity contribution in [3.63, 3.8) is 0 Å². The molecular weight excluding hydrogens is 254 g/mol. The molecule has 2 nitrogen and oxygen atoms in total. The maximum absolute atomic E-state index is 5.69. The minimum atomic E-state index is 0.497. The second kappa shape index (κ2) is 5.65. The van der Waals surface area contributed by atoms with Crippen LogP contribution >= 0.6 is 15.9 Å². The van der Waals surface area contributed by atoms with Gasteiger partial charge in [0.2, 0.25) is 0 Å². The Balaban J connectivity index is 1.80. The van der Waals surface area contributed by atoms with Gasteiger partial charge in [-0.2, -0.15) is 0 Å². The number of alkyl halides is 1. The molecule has 3 atom stereocenters. The fraction of sp³-hybridized carbons (Fsp3) is 1.00. The molecule has 15 heavy (non-hydrogen) atoms. The molecule has 0 bridgehead atoms. The van der Waals surface area contributed by atoms with Gasteiger partial charge in [0.15, 0.2) is 0 Å². The first kappa shape index (κ1) is 11.9. The molecule has 0 N–H and O–H groups in total. The fourth-order valence-electron chi connectivity index (χ4n) is 2.81. The molecule has 1 saturated heterocycles. The summed E-state index contributed by atoms with van der Waals surface area (Å²) in [4.78, 5) is 3.20. The van der Waals surface area contributed by atoms with Gasteiger partial charge in [0.05, 0.1) is 6.10 Å². The van der Waals surface area contributed by atoms with Crippen LogP contribution in [0.2, 0.25) is 0 Å². The summed E-state index contributed by atoms with van der Waals surface area (Å²) in [6.07, 6.45) is 8.46. The van der Waals surface area contributed by atoms with Crippen LogP contribution in [0.25, 0.3) is 0 Å². The standard InChI is InChI=1S/C12H22BrNO/c1-14(9-10-5-4-8-15-10)12-7-3-2-6-11(12)13/h10-12H,2-9H2,1H3. The van der Waals surface area contributed by atoms with Gasteiger partial charge in [-0.3, -0.25) is 4.90 Å². The van der Waals surface area contributed by atoms with Crippen molar-refractivity contribution in [1.29, 1.82) is 0 Å². The lowest BCUT2D eigenvalue weighted by molar-refractivity contribution is 0.0627. The number of likely N-dealkylation sites (N-methyl/N-ethyl adjacent to an activating group) is 1. The van der Waals surface area contributed by atoms with Gasteiger partial charge in [0.25, 0.3) is 0 Å². The highest BCUT2D eigenvalue weighted by Gasteiger charge is 2.28. The molecule has 0 aromatic rings. The predicted octanol–water partition coefficient (Wildman–Crippen LogP) is 2.80. The Morgan fingerprint density at radius 2 is 2.00 bits per heavy atom. The summed E-state index contributed by atoms with van der Waals surface area (Å²) in [7, 11) is 2.26. The van der Waals surface area contributed by atoms with Gasteiger partial charge in [-0.05, 0) is 32.7 Å². The van der Waals surface area contributed by atoms with Gasteiger partial charge in [-0.1, -0.05) is 28.8 Å². The quantitative estimate of drug-likeness (QED) is 0.735. The van der Waals surface area contributed by atoms with E-state index in [4.69, 9.17) is 4.74 Å². The number of nitrogens with zero attached hydrogens (tertiary/aromatic N) is 1. The lowest BCUT2D eigenvalue weighted by Gasteiger charge is -2.36. The maximum atomic E-state index is 5.69. The summed E-state index contributed by atoms with van der Waals surface area (Å²) in [6, 6.07) is 0.725. The van der Waals surface area contributed by atoms with Crippen molar-refractivity contribution in [1.82, 2.24) is 4.90 Å². The van der Waals surface area contributed by atoms with Gasteiger partial charge in [-0.25, -0.2) is 0 Å². The Morgan fingerprint density at radius 3 is 2.67 bits per heavy atom. The lowest BCUT2D eigenvalue weighted by atomic mass is 9.94. The van der Waals surface area contributed by atoms with Crippen molar-refractivity contribution >= 4 is 15.9 Å². The Morgan fingerprint density at radius 1 is 1.20 bits per heavy atom. The Labute approximate surface area is 101 Å². The van der Waals surface area contributed by atoms with Gasteiger partial charge >= 0.3 is 0 Å². The maximum Gasteiger partial charge on any atom is 0.0702 e. The minimum absolute atomic E-state index is 0.497. The van der Waals surface area contributed by atoms with Crippen LogP contribution in [0.4, 0.5) is 0 Å². The minimum Gasteiger partial charge on any atom is -0.377 e. The highest BCUT2D eigenvalue weighted by atomic mass is 79.9. The van der Waals surface area contributed by atoms with Crippen LogP contribution < -0.4 is 0 Å². The number of ether oxygens (including phenoxy) is 1. The number of hydrogen-bond donors (Lipinski definition) is 0. The lowest BCUT2D eigenvalue weighted by Crippen LogP contribution is -2.43. The zero-order chi connectivity index (χ0) is 10.7. The first-order chi connectivity index (χ1) is 7.27. The first-order valence-corrected chi connectivity index (χ1v) is 7.15. The number of halogens is 1. The Kier molecular flexibility index (Phi) is 4.47. The number of hydrogen-bond acceptors (Lipinski definition) is 2. The molecule has 0 radical (unpaired) electrons.